The quantitative estimate of drug-likeness (QED) is 0.701. The van der Waals surface area contributed by atoms with Crippen molar-refractivity contribution in [3.63, 3.8) is 0 Å². The molecular weight excluding hydrogens is 380 g/mol. The van der Waals surface area contributed by atoms with E-state index in [0.717, 1.165) is 54.9 Å². The van der Waals surface area contributed by atoms with Gasteiger partial charge in [-0.1, -0.05) is 49.6 Å². The molecule has 1 amide bonds. The SMILES string of the molecule is O=C(CN1CCCCCCC1)Nc1sc2c(c1C(=O)c1ccccc1)CCCC2. The first kappa shape index (κ1) is 20.3. The Morgan fingerprint density at radius 1 is 0.897 bits per heavy atom. The molecule has 4 rings (SSSR count). The molecule has 154 valence electrons. The predicted octanol–water partition coefficient (Wildman–Crippen LogP) is 5.06. The van der Waals surface area contributed by atoms with E-state index in [4.69, 9.17) is 0 Å². The molecule has 1 aliphatic heterocycles. The summed E-state index contributed by atoms with van der Waals surface area (Å²) in [5, 5.41) is 3.87. The van der Waals surface area contributed by atoms with Gasteiger partial charge in [-0.25, -0.2) is 0 Å². The lowest BCUT2D eigenvalue weighted by molar-refractivity contribution is -0.117. The van der Waals surface area contributed by atoms with Gasteiger partial charge in [0.25, 0.3) is 0 Å². The minimum Gasteiger partial charge on any atom is -0.316 e. The van der Waals surface area contributed by atoms with Crippen LogP contribution in [-0.4, -0.2) is 36.2 Å². The van der Waals surface area contributed by atoms with Gasteiger partial charge in [-0.05, 0) is 57.2 Å². The van der Waals surface area contributed by atoms with Crippen LogP contribution in [0.3, 0.4) is 0 Å². The van der Waals surface area contributed by atoms with Gasteiger partial charge in [-0.2, -0.15) is 0 Å². The van der Waals surface area contributed by atoms with Gasteiger partial charge in [0.2, 0.25) is 5.91 Å². The van der Waals surface area contributed by atoms with Gasteiger partial charge >= 0.3 is 0 Å². The summed E-state index contributed by atoms with van der Waals surface area (Å²) in [4.78, 5) is 29.7. The van der Waals surface area contributed by atoms with Crippen molar-refractivity contribution in [2.24, 2.45) is 0 Å². The number of nitrogens with one attached hydrogen (secondary N) is 1. The van der Waals surface area contributed by atoms with Gasteiger partial charge < -0.3 is 5.32 Å². The Morgan fingerprint density at radius 2 is 1.59 bits per heavy atom. The lowest BCUT2D eigenvalue weighted by Crippen LogP contribution is -2.35. The zero-order valence-corrected chi connectivity index (χ0v) is 17.9. The van der Waals surface area contributed by atoms with Crippen LogP contribution in [0.25, 0.3) is 0 Å². The van der Waals surface area contributed by atoms with E-state index >= 15 is 0 Å². The number of likely N-dealkylation sites (tertiary alicyclic amines) is 1. The third kappa shape index (κ3) is 4.96. The Hall–Kier alpha value is -1.98. The van der Waals surface area contributed by atoms with E-state index < -0.39 is 0 Å². The number of aryl methyl sites for hydroxylation is 1. The van der Waals surface area contributed by atoms with Crippen molar-refractivity contribution in [3.8, 4) is 0 Å². The average molecular weight is 411 g/mol. The number of carbonyl (C=O) groups excluding carboxylic acids is 2. The summed E-state index contributed by atoms with van der Waals surface area (Å²) in [6, 6.07) is 9.44. The summed E-state index contributed by atoms with van der Waals surface area (Å²) in [7, 11) is 0. The molecule has 1 saturated heterocycles. The fourth-order valence-electron chi connectivity index (χ4n) is 4.47. The van der Waals surface area contributed by atoms with Crippen molar-refractivity contribution in [3.05, 3.63) is 51.9 Å². The van der Waals surface area contributed by atoms with E-state index in [9.17, 15) is 9.59 Å². The lowest BCUT2D eigenvalue weighted by Gasteiger charge is -2.23. The van der Waals surface area contributed by atoms with Crippen LogP contribution in [-0.2, 0) is 17.6 Å². The van der Waals surface area contributed by atoms with Crippen molar-refractivity contribution in [2.75, 3.05) is 25.0 Å². The molecule has 0 saturated carbocycles. The number of benzene rings is 1. The highest BCUT2D eigenvalue weighted by Gasteiger charge is 2.27. The molecule has 1 aliphatic carbocycles. The molecule has 0 atom stereocenters. The predicted molar refractivity (Wildman–Crippen MR) is 119 cm³/mol. The van der Waals surface area contributed by atoms with E-state index in [1.54, 1.807) is 11.3 Å². The topological polar surface area (TPSA) is 49.4 Å². The number of hydrogen-bond donors (Lipinski definition) is 1. The van der Waals surface area contributed by atoms with Crippen LogP contribution in [0.2, 0.25) is 0 Å². The van der Waals surface area contributed by atoms with Crippen molar-refractivity contribution < 1.29 is 9.59 Å². The number of carbonyl (C=O) groups is 2. The van der Waals surface area contributed by atoms with E-state index in [0.29, 0.717) is 12.1 Å². The van der Waals surface area contributed by atoms with Crippen LogP contribution in [0.15, 0.2) is 30.3 Å². The van der Waals surface area contributed by atoms with Gasteiger partial charge in [0.1, 0.15) is 5.00 Å². The fraction of sp³-hybridized carbons (Fsp3) is 0.500. The number of thiophene rings is 1. The highest BCUT2D eigenvalue weighted by molar-refractivity contribution is 7.17. The Morgan fingerprint density at radius 3 is 2.34 bits per heavy atom. The Labute approximate surface area is 177 Å². The minimum absolute atomic E-state index is 0.00582. The number of hydrogen-bond acceptors (Lipinski definition) is 4. The molecule has 1 N–H and O–H groups in total. The summed E-state index contributed by atoms with van der Waals surface area (Å²) in [5.74, 6) is 0.0397. The molecular formula is C24H30N2O2S. The maximum Gasteiger partial charge on any atom is 0.239 e. The number of anilines is 1. The first-order chi connectivity index (χ1) is 14.2. The summed E-state index contributed by atoms with van der Waals surface area (Å²) in [6.45, 7) is 2.40. The number of nitrogens with zero attached hydrogens (tertiary/aromatic N) is 1. The molecule has 4 nitrogen and oxygen atoms in total. The highest BCUT2D eigenvalue weighted by Crippen LogP contribution is 2.39. The van der Waals surface area contributed by atoms with Crippen LogP contribution in [0.5, 0.6) is 0 Å². The molecule has 5 heteroatoms. The van der Waals surface area contributed by atoms with Gasteiger partial charge in [0, 0.05) is 10.4 Å². The molecule has 0 bridgehead atoms. The number of fused-ring (bicyclic) bond motifs is 1. The van der Waals surface area contributed by atoms with Gasteiger partial charge in [-0.15, -0.1) is 11.3 Å². The molecule has 2 aliphatic rings. The van der Waals surface area contributed by atoms with Crippen molar-refractivity contribution >= 4 is 28.0 Å². The first-order valence-electron chi connectivity index (χ1n) is 11.0. The standard InChI is InChI=1S/C24H30N2O2S/c27-21(17-26-15-9-2-1-3-10-16-26)25-24-22(19-13-7-8-14-20(19)29-24)23(28)18-11-5-4-6-12-18/h4-6,11-12H,1-3,7-10,13-17H2,(H,25,27). The number of ketones is 1. The van der Waals surface area contributed by atoms with Crippen LogP contribution in [0.1, 0.15) is 71.3 Å². The molecule has 0 spiro atoms. The monoisotopic (exact) mass is 410 g/mol. The third-order valence-electron chi connectivity index (χ3n) is 6.00. The van der Waals surface area contributed by atoms with Crippen molar-refractivity contribution in [1.29, 1.82) is 0 Å². The average Bonchev–Trinajstić information content (AvgIpc) is 3.07. The maximum absolute atomic E-state index is 13.3. The molecule has 0 unspecified atom stereocenters. The zero-order chi connectivity index (χ0) is 20.1. The Bertz CT molecular complexity index is 851. The fourth-order valence-corrected chi connectivity index (χ4v) is 5.77. The number of amides is 1. The maximum atomic E-state index is 13.3. The minimum atomic E-state index is 0.00582. The molecule has 29 heavy (non-hydrogen) atoms. The van der Waals surface area contributed by atoms with E-state index in [1.807, 2.05) is 30.3 Å². The number of rotatable bonds is 5. The third-order valence-corrected chi connectivity index (χ3v) is 7.21. The summed E-state index contributed by atoms with van der Waals surface area (Å²) in [6.07, 6.45) is 10.4. The van der Waals surface area contributed by atoms with Crippen LogP contribution >= 0.6 is 11.3 Å². The van der Waals surface area contributed by atoms with Crippen LogP contribution in [0.4, 0.5) is 5.00 Å². The first-order valence-corrected chi connectivity index (χ1v) is 11.8. The highest BCUT2D eigenvalue weighted by atomic mass is 32.1. The molecule has 2 aromatic rings. The van der Waals surface area contributed by atoms with Gasteiger partial charge in [0.05, 0.1) is 12.1 Å². The smallest absolute Gasteiger partial charge is 0.239 e. The van der Waals surface area contributed by atoms with Crippen LogP contribution < -0.4 is 5.32 Å². The molecule has 1 aromatic carbocycles. The van der Waals surface area contributed by atoms with E-state index in [-0.39, 0.29) is 11.7 Å². The van der Waals surface area contributed by atoms with Crippen molar-refractivity contribution in [1.82, 2.24) is 4.90 Å². The van der Waals surface area contributed by atoms with E-state index in [2.05, 4.69) is 10.2 Å². The second kappa shape index (κ2) is 9.68. The Kier molecular flexibility index (Phi) is 6.78. The molecule has 2 heterocycles. The zero-order valence-electron chi connectivity index (χ0n) is 17.0. The second-order valence-electron chi connectivity index (χ2n) is 8.20. The van der Waals surface area contributed by atoms with Crippen LogP contribution in [0, 0.1) is 0 Å². The lowest BCUT2D eigenvalue weighted by atomic mass is 9.92. The van der Waals surface area contributed by atoms with E-state index in [1.165, 1.54) is 37.0 Å². The largest absolute Gasteiger partial charge is 0.316 e. The van der Waals surface area contributed by atoms with Gasteiger partial charge in [-0.3, -0.25) is 14.5 Å². The summed E-state index contributed by atoms with van der Waals surface area (Å²) < 4.78 is 0. The molecule has 0 radical (unpaired) electrons. The second-order valence-corrected chi connectivity index (χ2v) is 9.31. The Balaban J connectivity index is 1.54. The molecule has 1 fully saturated rings. The molecule has 1 aromatic heterocycles. The van der Waals surface area contributed by atoms with Crippen molar-refractivity contribution in [2.45, 2.75) is 57.8 Å². The normalized spacial score (nSPS) is 17.8. The summed E-state index contributed by atoms with van der Waals surface area (Å²) >= 11 is 1.61. The van der Waals surface area contributed by atoms with Gasteiger partial charge in [0.15, 0.2) is 5.78 Å². The summed E-state index contributed by atoms with van der Waals surface area (Å²) in [5.41, 5.74) is 2.59.